The monoisotopic (exact) mass is 278 g/mol. The van der Waals surface area contributed by atoms with Crippen molar-refractivity contribution >= 4 is 17.3 Å². The van der Waals surface area contributed by atoms with Crippen molar-refractivity contribution in [2.75, 3.05) is 0 Å². The van der Waals surface area contributed by atoms with Gasteiger partial charge in [0.15, 0.2) is 17.3 Å². The van der Waals surface area contributed by atoms with Gasteiger partial charge in [-0.05, 0) is 24.7 Å². The fourth-order valence-corrected chi connectivity index (χ4v) is 3.87. The molecule has 0 unspecified atom stereocenters. The number of carbonyl (C=O) groups is 3. The lowest BCUT2D eigenvalue weighted by Crippen LogP contribution is -2.39. The molecule has 0 aromatic heterocycles. The Labute approximate surface area is 121 Å². The molecule has 2 aliphatic rings. The Balaban J connectivity index is 1.90. The summed E-state index contributed by atoms with van der Waals surface area (Å²) in [7, 11) is 0. The van der Waals surface area contributed by atoms with Crippen LogP contribution in [0, 0.1) is 17.8 Å². The lowest BCUT2D eigenvalue weighted by Gasteiger charge is -2.30. The topological polar surface area (TPSA) is 51.2 Å². The van der Waals surface area contributed by atoms with E-state index in [9.17, 15) is 14.4 Å². The minimum atomic E-state index is -0.919. The molecule has 0 aromatic carbocycles. The van der Waals surface area contributed by atoms with Gasteiger partial charge in [-0.25, -0.2) is 0 Å². The summed E-state index contributed by atoms with van der Waals surface area (Å²) in [6, 6.07) is 0. The largest absolute Gasteiger partial charge is 0.298 e. The highest BCUT2D eigenvalue weighted by Crippen LogP contribution is 2.35. The van der Waals surface area contributed by atoms with Crippen LogP contribution in [0.2, 0.25) is 0 Å². The van der Waals surface area contributed by atoms with E-state index in [1.54, 1.807) is 0 Å². The smallest absolute Gasteiger partial charge is 0.151 e. The Bertz CT molecular complexity index is 362. The van der Waals surface area contributed by atoms with Crippen LogP contribution in [0.4, 0.5) is 0 Å². The molecule has 0 N–H and O–H groups in total. The van der Waals surface area contributed by atoms with Gasteiger partial charge in [-0.1, -0.05) is 39.0 Å². The molecule has 0 amide bonds. The van der Waals surface area contributed by atoms with Crippen molar-refractivity contribution in [1.29, 1.82) is 0 Å². The van der Waals surface area contributed by atoms with Crippen LogP contribution < -0.4 is 0 Å². The molecule has 0 heterocycles. The van der Waals surface area contributed by atoms with Crippen LogP contribution in [0.1, 0.15) is 71.1 Å². The van der Waals surface area contributed by atoms with Crippen LogP contribution in [0.15, 0.2) is 0 Å². The first-order valence-electron chi connectivity index (χ1n) is 8.20. The van der Waals surface area contributed by atoms with Crippen molar-refractivity contribution in [1.82, 2.24) is 0 Å². The van der Waals surface area contributed by atoms with Crippen molar-refractivity contribution < 1.29 is 14.4 Å². The Kier molecular flexibility index (Phi) is 5.50. The van der Waals surface area contributed by atoms with Crippen molar-refractivity contribution in [3.05, 3.63) is 0 Å². The van der Waals surface area contributed by atoms with E-state index in [0.29, 0.717) is 31.6 Å². The molecule has 0 saturated heterocycles. The van der Waals surface area contributed by atoms with E-state index in [1.165, 1.54) is 32.1 Å². The summed E-state index contributed by atoms with van der Waals surface area (Å²) in [6.07, 6.45) is 9.36. The average Bonchev–Trinajstić information content (AvgIpc) is 2.39. The Morgan fingerprint density at radius 1 is 1.00 bits per heavy atom. The summed E-state index contributed by atoms with van der Waals surface area (Å²) in [5.74, 6) is -0.404. The first kappa shape index (κ1) is 15.4. The van der Waals surface area contributed by atoms with Crippen LogP contribution in [0.3, 0.4) is 0 Å². The molecule has 2 saturated carbocycles. The molecular weight excluding hydrogens is 252 g/mol. The number of hydrogen-bond acceptors (Lipinski definition) is 3. The molecule has 20 heavy (non-hydrogen) atoms. The maximum atomic E-state index is 12.1. The van der Waals surface area contributed by atoms with Gasteiger partial charge < -0.3 is 0 Å². The fourth-order valence-electron chi connectivity index (χ4n) is 3.87. The maximum Gasteiger partial charge on any atom is 0.151 e. The molecule has 0 spiro atoms. The lowest BCUT2D eigenvalue weighted by atomic mass is 9.72. The van der Waals surface area contributed by atoms with Gasteiger partial charge in [0.25, 0.3) is 0 Å². The van der Waals surface area contributed by atoms with E-state index in [0.717, 1.165) is 6.42 Å². The Morgan fingerprint density at radius 3 is 2.15 bits per heavy atom. The number of ketones is 3. The SMILES string of the molecule is CCCC(=O)C1C(=O)CC(CC2CCCCC2)CC1=O. The minimum absolute atomic E-state index is 0.111. The van der Waals surface area contributed by atoms with E-state index in [1.807, 2.05) is 6.92 Å². The van der Waals surface area contributed by atoms with Crippen molar-refractivity contribution in [3.63, 3.8) is 0 Å². The van der Waals surface area contributed by atoms with Crippen LogP contribution in [-0.2, 0) is 14.4 Å². The molecule has 0 aromatic rings. The third-order valence-electron chi connectivity index (χ3n) is 4.83. The second kappa shape index (κ2) is 7.14. The molecule has 2 rings (SSSR count). The molecular formula is C17H26O3. The van der Waals surface area contributed by atoms with Gasteiger partial charge in [-0.15, -0.1) is 0 Å². The molecule has 0 aliphatic heterocycles. The van der Waals surface area contributed by atoms with E-state index < -0.39 is 5.92 Å². The standard InChI is InChI=1S/C17H26O3/c1-2-6-14(18)17-15(19)10-13(11-16(17)20)9-12-7-4-3-5-8-12/h12-13,17H,2-11H2,1H3. The van der Waals surface area contributed by atoms with Crippen LogP contribution in [0.25, 0.3) is 0 Å². The fraction of sp³-hybridized carbons (Fsp3) is 0.824. The zero-order chi connectivity index (χ0) is 14.5. The summed E-state index contributed by atoms with van der Waals surface area (Å²) in [6.45, 7) is 1.90. The normalized spacial score (nSPS) is 28.6. The second-order valence-corrected chi connectivity index (χ2v) is 6.60. The highest BCUT2D eigenvalue weighted by Gasteiger charge is 2.39. The quantitative estimate of drug-likeness (QED) is 0.723. The third kappa shape index (κ3) is 3.77. The predicted molar refractivity (Wildman–Crippen MR) is 77.3 cm³/mol. The zero-order valence-corrected chi connectivity index (χ0v) is 12.5. The molecule has 2 aliphatic carbocycles. The van der Waals surface area contributed by atoms with Crippen LogP contribution in [0.5, 0.6) is 0 Å². The molecule has 112 valence electrons. The van der Waals surface area contributed by atoms with Crippen molar-refractivity contribution in [2.24, 2.45) is 17.8 Å². The highest BCUT2D eigenvalue weighted by molar-refractivity contribution is 6.20. The molecule has 0 atom stereocenters. The van der Waals surface area contributed by atoms with Gasteiger partial charge >= 0.3 is 0 Å². The van der Waals surface area contributed by atoms with Gasteiger partial charge in [0.2, 0.25) is 0 Å². The van der Waals surface area contributed by atoms with Gasteiger partial charge in [0.05, 0.1) is 0 Å². The third-order valence-corrected chi connectivity index (χ3v) is 4.83. The number of Topliss-reactive ketones (excluding diaryl/α,β-unsaturated/α-hetero) is 3. The zero-order valence-electron chi connectivity index (χ0n) is 12.5. The lowest BCUT2D eigenvalue weighted by molar-refractivity contribution is -0.143. The average molecular weight is 278 g/mol. The predicted octanol–water partition coefficient (Wildman–Crippen LogP) is 3.49. The summed E-state index contributed by atoms with van der Waals surface area (Å²) >= 11 is 0. The molecule has 0 radical (unpaired) electrons. The van der Waals surface area contributed by atoms with Crippen molar-refractivity contribution in [3.8, 4) is 0 Å². The Morgan fingerprint density at radius 2 is 1.60 bits per heavy atom. The molecule has 2 fully saturated rings. The first-order valence-corrected chi connectivity index (χ1v) is 8.20. The molecule has 3 nitrogen and oxygen atoms in total. The van der Waals surface area contributed by atoms with Crippen LogP contribution >= 0.6 is 0 Å². The van der Waals surface area contributed by atoms with Gasteiger partial charge in [-0.3, -0.25) is 14.4 Å². The second-order valence-electron chi connectivity index (χ2n) is 6.60. The Hall–Kier alpha value is -0.990. The van der Waals surface area contributed by atoms with Crippen LogP contribution in [-0.4, -0.2) is 17.3 Å². The van der Waals surface area contributed by atoms with E-state index >= 15 is 0 Å². The maximum absolute atomic E-state index is 12.1. The number of rotatable bonds is 5. The van der Waals surface area contributed by atoms with Crippen molar-refractivity contribution in [2.45, 2.75) is 71.1 Å². The van der Waals surface area contributed by atoms with E-state index in [4.69, 9.17) is 0 Å². The summed E-state index contributed by atoms with van der Waals surface area (Å²) in [4.78, 5) is 36.1. The van der Waals surface area contributed by atoms with Gasteiger partial charge in [0.1, 0.15) is 5.92 Å². The van der Waals surface area contributed by atoms with Gasteiger partial charge in [-0.2, -0.15) is 0 Å². The molecule has 0 bridgehead atoms. The van der Waals surface area contributed by atoms with E-state index in [-0.39, 0.29) is 23.3 Å². The summed E-state index contributed by atoms with van der Waals surface area (Å²) in [5.41, 5.74) is 0. The summed E-state index contributed by atoms with van der Waals surface area (Å²) < 4.78 is 0. The van der Waals surface area contributed by atoms with E-state index in [2.05, 4.69) is 0 Å². The van der Waals surface area contributed by atoms with Gasteiger partial charge in [0, 0.05) is 19.3 Å². The first-order chi connectivity index (χ1) is 9.61. The molecule has 3 heteroatoms. The number of carbonyl (C=O) groups excluding carboxylic acids is 3. The minimum Gasteiger partial charge on any atom is -0.298 e. The number of hydrogen-bond donors (Lipinski definition) is 0. The highest BCUT2D eigenvalue weighted by atomic mass is 16.2. The summed E-state index contributed by atoms with van der Waals surface area (Å²) in [5, 5.41) is 0.